The predicted octanol–water partition coefficient (Wildman–Crippen LogP) is 2.01. The third kappa shape index (κ3) is 3.79. The third-order valence-electron chi connectivity index (χ3n) is 4.19. The van der Waals surface area contributed by atoms with Crippen molar-refractivity contribution in [2.45, 2.75) is 10.9 Å². The molecule has 1 atom stereocenters. The van der Waals surface area contributed by atoms with Crippen molar-refractivity contribution >= 4 is 21.8 Å². The molecular weight excluding hydrogens is 368 g/mol. The zero-order valence-corrected chi connectivity index (χ0v) is 15.6. The smallest absolute Gasteiger partial charge is 0.295 e. The van der Waals surface area contributed by atoms with E-state index in [4.69, 9.17) is 0 Å². The maximum absolute atomic E-state index is 12.3. The molecule has 2 amide bonds. The lowest BCUT2D eigenvalue weighted by Crippen LogP contribution is -2.29. The fourth-order valence-electron chi connectivity index (χ4n) is 2.65. The highest BCUT2D eigenvalue weighted by molar-refractivity contribution is 7.89. The first-order chi connectivity index (χ1) is 12.8. The molecule has 3 rings (SSSR count). The second kappa shape index (κ2) is 7.37. The Kier molecular flexibility index (Phi) is 5.15. The van der Waals surface area contributed by atoms with Gasteiger partial charge in [0.05, 0.1) is 4.90 Å². The highest BCUT2D eigenvalue weighted by atomic mass is 32.2. The number of rotatable bonds is 5. The minimum absolute atomic E-state index is 0.109. The lowest BCUT2D eigenvalue weighted by Gasteiger charge is -2.18. The van der Waals surface area contributed by atoms with Crippen LogP contribution in [0, 0.1) is 0 Å². The Morgan fingerprint density at radius 1 is 1.11 bits per heavy atom. The number of fused-ring (bicyclic) bond motifs is 1. The second-order valence-electron chi connectivity index (χ2n) is 6.15. The van der Waals surface area contributed by atoms with Crippen LogP contribution in [0.3, 0.4) is 0 Å². The van der Waals surface area contributed by atoms with Crippen molar-refractivity contribution in [3.63, 3.8) is 0 Å². The highest BCUT2D eigenvalue weighted by Gasteiger charge is 2.24. The SMILES string of the molecule is CN(C)S(=O)(=O)c1ccc(C(=O)NCC2N=NC(=O)c3ccccc32)cc1. The van der Waals surface area contributed by atoms with Gasteiger partial charge in [-0.1, -0.05) is 18.2 Å². The molecule has 0 fully saturated rings. The molecular formula is C18H18N4O4S. The first-order valence-electron chi connectivity index (χ1n) is 8.15. The molecule has 0 saturated carbocycles. The molecule has 1 N–H and O–H groups in total. The van der Waals surface area contributed by atoms with Crippen LogP contribution in [-0.4, -0.2) is 45.2 Å². The van der Waals surface area contributed by atoms with E-state index in [-0.39, 0.29) is 17.3 Å². The van der Waals surface area contributed by atoms with Crippen molar-refractivity contribution in [2.75, 3.05) is 20.6 Å². The molecule has 0 aliphatic carbocycles. The van der Waals surface area contributed by atoms with Crippen LogP contribution in [0.5, 0.6) is 0 Å². The zero-order valence-electron chi connectivity index (χ0n) is 14.8. The van der Waals surface area contributed by atoms with Crippen molar-refractivity contribution < 1.29 is 18.0 Å². The number of benzene rings is 2. The van der Waals surface area contributed by atoms with Crippen LogP contribution >= 0.6 is 0 Å². The van der Waals surface area contributed by atoms with E-state index < -0.39 is 22.0 Å². The van der Waals surface area contributed by atoms with E-state index in [0.717, 1.165) is 4.31 Å². The van der Waals surface area contributed by atoms with Crippen LogP contribution in [0.2, 0.25) is 0 Å². The summed E-state index contributed by atoms with van der Waals surface area (Å²) in [5, 5.41) is 10.3. The summed E-state index contributed by atoms with van der Waals surface area (Å²) in [6.45, 7) is 0.171. The van der Waals surface area contributed by atoms with E-state index in [1.165, 1.54) is 38.4 Å². The van der Waals surface area contributed by atoms with E-state index in [1.807, 2.05) is 0 Å². The van der Waals surface area contributed by atoms with Crippen LogP contribution in [-0.2, 0) is 10.0 Å². The minimum Gasteiger partial charge on any atom is -0.349 e. The molecule has 140 valence electrons. The molecule has 1 unspecified atom stereocenters. The lowest BCUT2D eigenvalue weighted by molar-refractivity contribution is 0.0950. The number of hydrogen-bond acceptors (Lipinski definition) is 5. The topological polar surface area (TPSA) is 108 Å². The molecule has 1 aliphatic heterocycles. The summed E-state index contributed by atoms with van der Waals surface area (Å²) in [7, 11) is -0.662. The zero-order chi connectivity index (χ0) is 19.6. The number of hydrogen-bond donors (Lipinski definition) is 1. The molecule has 27 heavy (non-hydrogen) atoms. The van der Waals surface area contributed by atoms with Crippen LogP contribution < -0.4 is 5.32 Å². The van der Waals surface area contributed by atoms with Crippen molar-refractivity contribution in [2.24, 2.45) is 10.2 Å². The summed E-state index contributed by atoms with van der Waals surface area (Å²) in [4.78, 5) is 24.2. The molecule has 0 bridgehead atoms. The Morgan fingerprint density at radius 3 is 2.44 bits per heavy atom. The standard InChI is InChI=1S/C18H18N4O4S/c1-22(2)27(25,26)13-9-7-12(8-10-13)17(23)19-11-16-14-5-3-4-6-15(14)18(24)21-20-16/h3-10,16H,11H2,1-2H3,(H,19,23). The number of carbonyl (C=O) groups is 2. The fraction of sp³-hybridized carbons (Fsp3) is 0.222. The molecule has 0 saturated heterocycles. The number of nitrogens with zero attached hydrogens (tertiary/aromatic N) is 3. The maximum Gasteiger partial charge on any atom is 0.295 e. The Hall–Kier alpha value is -2.91. The molecule has 2 aromatic carbocycles. The predicted molar refractivity (Wildman–Crippen MR) is 98.0 cm³/mol. The second-order valence-corrected chi connectivity index (χ2v) is 8.30. The minimum atomic E-state index is -3.55. The third-order valence-corrected chi connectivity index (χ3v) is 6.02. The van der Waals surface area contributed by atoms with Crippen LogP contribution in [0.1, 0.15) is 32.3 Å². The van der Waals surface area contributed by atoms with E-state index in [1.54, 1.807) is 24.3 Å². The Labute approximate surface area is 157 Å². The van der Waals surface area contributed by atoms with Gasteiger partial charge < -0.3 is 5.32 Å². The van der Waals surface area contributed by atoms with Gasteiger partial charge in [0.1, 0.15) is 6.04 Å². The van der Waals surface area contributed by atoms with Gasteiger partial charge in [-0.25, -0.2) is 12.7 Å². The van der Waals surface area contributed by atoms with Gasteiger partial charge in [-0.15, -0.1) is 5.11 Å². The summed E-state index contributed by atoms with van der Waals surface area (Å²) in [5.41, 5.74) is 1.51. The number of carbonyl (C=O) groups excluding carboxylic acids is 2. The first-order valence-corrected chi connectivity index (χ1v) is 9.59. The van der Waals surface area contributed by atoms with Gasteiger partial charge in [0.2, 0.25) is 10.0 Å². The monoisotopic (exact) mass is 386 g/mol. The fourth-order valence-corrected chi connectivity index (χ4v) is 3.55. The number of azo groups is 1. The van der Waals surface area contributed by atoms with Gasteiger partial charge in [-0.3, -0.25) is 9.59 Å². The van der Waals surface area contributed by atoms with Crippen molar-refractivity contribution in [1.29, 1.82) is 0 Å². The van der Waals surface area contributed by atoms with Crippen LogP contribution in [0.25, 0.3) is 0 Å². The average molecular weight is 386 g/mol. The van der Waals surface area contributed by atoms with Gasteiger partial charge in [-0.05, 0) is 35.9 Å². The van der Waals surface area contributed by atoms with Crippen LogP contribution in [0.4, 0.5) is 0 Å². The normalized spacial score (nSPS) is 16.3. The average Bonchev–Trinajstić information content (AvgIpc) is 2.67. The summed E-state index contributed by atoms with van der Waals surface area (Å²) >= 11 is 0. The van der Waals surface area contributed by atoms with Gasteiger partial charge in [0.25, 0.3) is 11.8 Å². The summed E-state index contributed by atoms with van der Waals surface area (Å²) in [6.07, 6.45) is 0. The molecule has 8 nitrogen and oxygen atoms in total. The van der Waals surface area contributed by atoms with Gasteiger partial charge in [0, 0.05) is 31.8 Å². The van der Waals surface area contributed by atoms with Crippen LogP contribution in [0.15, 0.2) is 63.7 Å². The van der Waals surface area contributed by atoms with Crippen molar-refractivity contribution in [1.82, 2.24) is 9.62 Å². The molecule has 0 aromatic heterocycles. The van der Waals surface area contributed by atoms with Crippen molar-refractivity contribution in [3.8, 4) is 0 Å². The van der Waals surface area contributed by atoms with E-state index in [2.05, 4.69) is 15.5 Å². The van der Waals surface area contributed by atoms with Gasteiger partial charge in [-0.2, -0.15) is 5.11 Å². The van der Waals surface area contributed by atoms with Gasteiger partial charge >= 0.3 is 0 Å². The number of amides is 2. The molecule has 9 heteroatoms. The molecule has 2 aromatic rings. The molecule has 1 aliphatic rings. The maximum atomic E-state index is 12.3. The Balaban J connectivity index is 1.70. The molecule has 0 radical (unpaired) electrons. The lowest BCUT2D eigenvalue weighted by atomic mass is 9.99. The highest BCUT2D eigenvalue weighted by Crippen LogP contribution is 2.26. The van der Waals surface area contributed by atoms with E-state index >= 15 is 0 Å². The molecule has 1 heterocycles. The number of nitrogens with one attached hydrogen (secondary N) is 1. The summed E-state index contributed by atoms with van der Waals surface area (Å²) in [5.74, 6) is -0.765. The van der Waals surface area contributed by atoms with E-state index in [9.17, 15) is 18.0 Å². The van der Waals surface area contributed by atoms with Gasteiger partial charge in [0.15, 0.2) is 0 Å². The summed E-state index contributed by atoms with van der Waals surface area (Å²) < 4.78 is 25.2. The first kappa shape index (κ1) is 18.9. The Bertz CT molecular complexity index is 1010. The quantitative estimate of drug-likeness (QED) is 0.848. The number of sulfonamides is 1. The Morgan fingerprint density at radius 2 is 1.78 bits per heavy atom. The largest absolute Gasteiger partial charge is 0.349 e. The van der Waals surface area contributed by atoms with E-state index in [0.29, 0.717) is 16.7 Å². The van der Waals surface area contributed by atoms with Crippen molar-refractivity contribution in [3.05, 3.63) is 65.2 Å². The molecule has 0 spiro atoms. The summed E-state index contributed by atoms with van der Waals surface area (Å²) in [6, 6.07) is 12.2.